The molecule has 106 valence electrons. The van der Waals surface area contributed by atoms with Crippen LogP contribution in [0.5, 0.6) is 5.75 Å². The average molecular weight is 270 g/mol. The summed E-state index contributed by atoms with van der Waals surface area (Å²) < 4.78 is 5.77. The van der Waals surface area contributed by atoms with Gasteiger partial charge in [0.1, 0.15) is 5.75 Å². The van der Waals surface area contributed by atoms with Gasteiger partial charge in [-0.25, -0.2) is 0 Å². The molecule has 1 aromatic carbocycles. The van der Waals surface area contributed by atoms with Gasteiger partial charge in [-0.05, 0) is 63.2 Å². The van der Waals surface area contributed by atoms with Gasteiger partial charge in [0.15, 0.2) is 0 Å². The molecule has 1 heterocycles. The van der Waals surface area contributed by atoms with Crippen molar-refractivity contribution >= 4 is 0 Å². The smallest absolute Gasteiger partial charge is 0.120 e. The summed E-state index contributed by atoms with van der Waals surface area (Å²) in [4.78, 5) is 4.25. The number of hydrogen-bond donors (Lipinski definition) is 1. The van der Waals surface area contributed by atoms with Crippen molar-refractivity contribution in [1.82, 2.24) is 10.3 Å². The molecule has 1 N–H and O–H groups in total. The summed E-state index contributed by atoms with van der Waals surface area (Å²) in [6.45, 7) is 6.08. The van der Waals surface area contributed by atoms with Gasteiger partial charge in [0, 0.05) is 11.9 Å². The highest BCUT2D eigenvalue weighted by Gasteiger charge is 2.13. The highest BCUT2D eigenvalue weighted by atomic mass is 16.5. The molecule has 2 rings (SSSR count). The number of nitrogens with zero attached hydrogens (tertiary/aromatic N) is 1. The van der Waals surface area contributed by atoms with Crippen molar-refractivity contribution in [3.8, 4) is 5.75 Å². The second-order valence-corrected chi connectivity index (χ2v) is 5.19. The second-order valence-electron chi connectivity index (χ2n) is 5.19. The average Bonchev–Trinajstić information content (AvgIpc) is 2.39. The zero-order valence-electron chi connectivity index (χ0n) is 12.6. The van der Waals surface area contributed by atoms with E-state index in [1.165, 1.54) is 11.1 Å². The molecule has 0 saturated carbocycles. The molecular weight excluding hydrogens is 248 g/mol. The quantitative estimate of drug-likeness (QED) is 0.903. The lowest BCUT2D eigenvalue weighted by Gasteiger charge is -2.19. The van der Waals surface area contributed by atoms with E-state index in [1.54, 1.807) is 0 Å². The van der Waals surface area contributed by atoms with Crippen LogP contribution in [0.25, 0.3) is 0 Å². The lowest BCUT2D eigenvalue weighted by atomic mass is 9.99. The first kappa shape index (κ1) is 14.5. The summed E-state index contributed by atoms with van der Waals surface area (Å²) in [6, 6.07) is 12.5. The lowest BCUT2D eigenvalue weighted by molar-refractivity contribution is 0.242. The van der Waals surface area contributed by atoms with Crippen molar-refractivity contribution in [2.75, 3.05) is 7.05 Å². The minimum atomic E-state index is 0.146. The van der Waals surface area contributed by atoms with Crippen LogP contribution in [-0.4, -0.2) is 18.1 Å². The van der Waals surface area contributed by atoms with Gasteiger partial charge in [0.25, 0.3) is 0 Å². The van der Waals surface area contributed by atoms with Crippen LogP contribution in [0.1, 0.15) is 36.7 Å². The predicted molar refractivity (Wildman–Crippen MR) is 82.1 cm³/mol. The van der Waals surface area contributed by atoms with Crippen LogP contribution in [-0.2, 0) is 0 Å². The Bertz CT molecular complexity index is 566. The second kappa shape index (κ2) is 6.53. The minimum Gasteiger partial charge on any atom is -0.491 e. The van der Waals surface area contributed by atoms with E-state index in [-0.39, 0.29) is 12.1 Å². The Balaban J connectivity index is 2.32. The van der Waals surface area contributed by atoms with Crippen molar-refractivity contribution in [3.63, 3.8) is 0 Å². The molecule has 1 atom stereocenters. The third-order valence-corrected chi connectivity index (χ3v) is 3.11. The first-order valence-electron chi connectivity index (χ1n) is 6.96. The molecule has 20 heavy (non-hydrogen) atoms. The van der Waals surface area contributed by atoms with E-state index in [0.717, 1.165) is 11.4 Å². The molecule has 3 heteroatoms. The molecule has 0 aliphatic carbocycles. The van der Waals surface area contributed by atoms with Crippen LogP contribution in [0.4, 0.5) is 0 Å². The van der Waals surface area contributed by atoms with Crippen molar-refractivity contribution in [1.29, 1.82) is 0 Å². The fraction of sp³-hybridized carbons (Fsp3) is 0.353. The molecule has 0 radical (unpaired) electrons. The first-order valence-corrected chi connectivity index (χ1v) is 6.96. The summed E-state index contributed by atoms with van der Waals surface area (Å²) in [6.07, 6.45) is 2.03. The van der Waals surface area contributed by atoms with Crippen molar-refractivity contribution in [3.05, 3.63) is 59.4 Å². The lowest BCUT2D eigenvalue weighted by Crippen LogP contribution is -2.18. The summed E-state index contributed by atoms with van der Waals surface area (Å²) in [5.41, 5.74) is 3.43. The normalized spacial score (nSPS) is 12.4. The molecule has 1 aromatic heterocycles. The molecule has 1 unspecified atom stereocenters. The summed E-state index contributed by atoms with van der Waals surface area (Å²) in [7, 11) is 1.97. The molecule has 0 fully saturated rings. The Kier molecular flexibility index (Phi) is 4.74. The standard InChI is InChI=1S/C17H22N2O/c1-12(2)20-16-7-5-6-14(11-16)17(18-4)15-8-9-19-13(3)10-15/h5-12,17-18H,1-4H3. The van der Waals surface area contributed by atoms with E-state index in [2.05, 4.69) is 28.5 Å². The predicted octanol–water partition coefficient (Wildman–Crippen LogP) is 3.49. The topological polar surface area (TPSA) is 34.1 Å². The highest BCUT2D eigenvalue weighted by Crippen LogP contribution is 2.25. The first-order chi connectivity index (χ1) is 9.60. The van der Waals surface area contributed by atoms with Gasteiger partial charge in [-0.1, -0.05) is 12.1 Å². The Morgan fingerprint density at radius 1 is 1.10 bits per heavy atom. The Morgan fingerprint density at radius 3 is 2.50 bits per heavy atom. The monoisotopic (exact) mass is 270 g/mol. The largest absolute Gasteiger partial charge is 0.491 e. The van der Waals surface area contributed by atoms with E-state index in [9.17, 15) is 0 Å². The maximum atomic E-state index is 5.77. The number of nitrogens with one attached hydrogen (secondary N) is 1. The van der Waals surface area contributed by atoms with Crippen LogP contribution < -0.4 is 10.1 Å². The molecule has 0 amide bonds. The van der Waals surface area contributed by atoms with Gasteiger partial charge in [-0.3, -0.25) is 4.98 Å². The maximum Gasteiger partial charge on any atom is 0.120 e. The van der Waals surface area contributed by atoms with Crippen molar-refractivity contribution < 1.29 is 4.74 Å². The number of ether oxygens (including phenoxy) is 1. The number of aromatic nitrogens is 1. The summed E-state index contributed by atoms with van der Waals surface area (Å²) in [5, 5.41) is 3.36. The van der Waals surface area contributed by atoms with Gasteiger partial charge in [0.05, 0.1) is 12.1 Å². The Morgan fingerprint density at radius 2 is 1.85 bits per heavy atom. The Labute approximate surface area is 121 Å². The zero-order valence-corrected chi connectivity index (χ0v) is 12.6. The fourth-order valence-corrected chi connectivity index (χ4v) is 2.31. The van der Waals surface area contributed by atoms with Gasteiger partial charge in [-0.15, -0.1) is 0 Å². The van der Waals surface area contributed by atoms with Crippen molar-refractivity contribution in [2.24, 2.45) is 0 Å². The minimum absolute atomic E-state index is 0.146. The molecular formula is C17H22N2O. The Hall–Kier alpha value is -1.87. The fourth-order valence-electron chi connectivity index (χ4n) is 2.31. The zero-order chi connectivity index (χ0) is 14.5. The van der Waals surface area contributed by atoms with E-state index < -0.39 is 0 Å². The number of hydrogen-bond acceptors (Lipinski definition) is 3. The van der Waals surface area contributed by atoms with Crippen LogP contribution in [0.3, 0.4) is 0 Å². The van der Waals surface area contributed by atoms with E-state index in [0.29, 0.717) is 0 Å². The molecule has 3 nitrogen and oxygen atoms in total. The van der Waals surface area contributed by atoms with Crippen LogP contribution in [0.15, 0.2) is 42.6 Å². The summed E-state index contributed by atoms with van der Waals surface area (Å²) in [5.74, 6) is 0.906. The molecule has 0 aliphatic rings. The van der Waals surface area contributed by atoms with Crippen molar-refractivity contribution in [2.45, 2.75) is 32.9 Å². The maximum absolute atomic E-state index is 5.77. The molecule has 2 aromatic rings. The highest BCUT2D eigenvalue weighted by molar-refractivity contribution is 5.36. The van der Waals surface area contributed by atoms with Gasteiger partial charge in [-0.2, -0.15) is 0 Å². The number of aryl methyl sites for hydroxylation is 1. The van der Waals surface area contributed by atoms with Gasteiger partial charge in [0.2, 0.25) is 0 Å². The number of benzene rings is 1. The van der Waals surface area contributed by atoms with E-state index in [1.807, 2.05) is 52.2 Å². The number of rotatable bonds is 5. The SMILES string of the molecule is CNC(c1cccc(OC(C)C)c1)c1ccnc(C)c1. The third-order valence-electron chi connectivity index (χ3n) is 3.11. The summed E-state index contributed by atoms with van der Waals surface area (Å²) >= 11 is 0. The van der Waals surface area contributed by atoms with Crippen LogP contribution in [0.2, 0.25) is 0 Å². The molecule has 0 aliphatic heterocycles. The number of pyridine rings is 1. The third kappa shape index (κ3) is 3.58. The molecule has 0 bridgehead atoms. The van der Waals surface area contributed by atoms with E-state index in [4.69, 9.17) is 4.74 Å². The van der Waals surface area contributed by atoms with E-state index >= 15 is 0 Å². The molecule has 0 saturated heterocycles. The van der Waals surface area contributed by atoms with Gasteiger partial charge < -0.3 is 10.1 Å². The van der Waals surface area contributed by atoms with Crippen LogP contribution in [0, 0.1) is 6.92 Å². The van der Waals surface area contributed by atoms with Crippen LogP contribution >= 0.6 is 0 Å². The van der Waals surface area contributed by atoms with Gasteiger partial charge >= 0.3 is 0 Å². The molecule has 0 spiro atoms.